The second-order valence-corrected chi connectivity index (χ2v) is 9.98. The number of hydrogen-bond donors (Lipinski definition) is 1. The number of nitrogens with zero attached hydrogens (tertiary/aromatic N) is 2. The van der Waals surface area contributed by atoms with Crippen molar-refractivity contribution >= 4 is 33.8 Å². The van der Waals surface area contributed by atoms with Gasteiger partial charge in [0, 0.05) is 47.3 Å². The van der Waals surface area contributed by atoms with Crippen LogP contribution in [0.5, 0.6) is 0 Å². The largest absolute Gasteiger partial charge is 0.336 e. The maximum absolute atomic E-state index is 14.6. The number of likely N-dealkylation sites (tertiary alicyclic amines) is 1. The van der Waals surface area contributed by atoms with Gasteiger partial charge in [-0.1, -0.05) is 34.1 Å². The maximum Gasteiger partial charge on any atom is 0.270 e. The summed E-state index contributed by atoms with van der Waals surface area (Å²) < 4.78 is 31.2. The van der Waals surface area contributed by atoms with E-state index < -0.39 is 23.4 Å². The molecule has 1 N–H and O–H groups in total. The third-order valence-electron chi connectivity index (χ3n) is 6.62. The van der Waals surface area contributed by atoms with Gasteiger partial charge in [0.1, 0.15) is 17.3 Å². The van der Waals surface area contributed by atoms with E-state index in [0.717, 1.165) is 18.2 Å². The van der Waals surface area contributed by atoms with Gasteiger partial charge in [0.2, 0.25) is 0 Å². The summed E-state index contributed by atoms with van der Waals surface area (Å²) in [4.78, 5) is 40.5. The van der Waals surface area contributed by atoms with E-state index in [9.17, 15) is 23.2 Å². The van der Waals surface area contributed by atoms with Crippen LogP contribution in [0.25, 0.3) is 6.08 Å². The lowest BCUT2D eigenvalue weighted by Gasteiger charge is -2.43. The van der Waals surface area contributed by atoms with Crippen molar-refractivity contribution < 1.29 is 18.4 Å². The first-order chi connectivity index (χ1) is 17.3. The Labute approximate surface area is 214 Å². The number of piperidine rings is 1. The molecule has 0 aliphatic carbocycles. The molecule has 1 fully saturated rings. The molecule has 184 valence electrons. The molecule has 2 aliphatic rings. The molecule has 6 nitrogen and oxygen atoms in total. The van der Waals surface area contributed by atoms with E-state index >= 15 is 0 Å². The van der Waals surface area contributed by atoms with Crippen LogP contribution in [0, 0.1) is 17.6 Å². The van der Waals surface area contributed by atoms with Gasteiger partial charge in [-0.2, -0.15) is 0 Å². The molecule has 1 saturated heterocycles. The van der Waals surface area contributed by atoms with E-state index in [1.165, 1.54) is 48.5 Å². The monoisotopic (exact) mass is 553 g/mol. The summed E-state index contributed by atoms with van der Waals surface area (Å²) in [6.45, 7) is 1.22. The van der Waals surface area contributed by atoms with Crippen molar-refractivity contribution in [2.24, 2.45) is 5.92 Å². The molecule has 0 unspecified atom stereocenters. The maximum atomic E-state index is 14.6. The first kappa shape index (κ1) is 24.1. The van der Waals surface area contributed by atoms with Gasteiger partial charge in [-0.25, -0.2) is 8.78 Å². The van der Waals surface area contributed by atoms with E-state index in [1.54, 1.807) is 15.5 Å². The molecule has 2 bridgehead atoms. The van der Waals surface area contributed by atoms with Crippen molar-refractivity contribution in [1.82, 2.24) is 14.8 Å². The third kappa shape index (κ3) is 4.75. The van der Waals surface area contributed by atoms with Crippen LogP contribution in [0.3, 0.4) is 0 Å². The zero-order valence-electron chi connectivity index (χ0n) is 19.1. The molecule has 2 aromatic carbocycles. The highest BCUT2D eigenvalue weighted by Gasteiger charge is 2.37. The molecule has 36 heavy (non-hydrogen) atoms. The molecule has 2 atom stereocenters. The lowest BCUT2D eigenvalue weighted by Crippen LogP contribution is -2.50. The molecule has 0 spiro atoms. The van der Waals surface area contributed by atoms with Gasteiger partial charge in [-0.05, 0) is 54.8 Å². The molecular weight excluding hydrogens is 532 g/mol. The van der Waals surface area contributed by atoms with Crippen LogP contribution in [0.15, 0.2) is 75.6 Å². The van der Waals surface area contributed by atoms with Crippen molar-refractivity contribution in [3.8, 4) is 0 Å². The molecular formula is C27H22BrF2N3O3. The summed E-state index contributed by atoms with van der Waals surface area (Å²) in [6.07, 6.45) is 2.11. The Hall–Kier alpha value is -3.59. The number of benzene rings is 2. The van der Waals surface area contributed by atoms with E-state index in [4.69, 9.17) is 0 Å². The topological polar surface area (TPSA) is 71.4 Å². The highest BCUT2D eigenvalue weighted by Crippen LogP contribution is 2.35. The summed E-state index contributed by atoms with van der Waals surface area (Å²) in [7, 11) is 0. The van der Waals surface area contributed by atoms with E-state index in [2.05, 4.69) is 21.2 Å². The minimum Gasteiger partial charge on any atom is -0.336 e. The number of halogens is 3. The molecule has 0 saturated carbocycles. The summed E-state index contributed by atoms with van der Waals surface area (Å²) in [5.41, 5.74) is 0.510. The standard InChI is InChI=1S/C27H22BrF2N3O3/c28-19-8-9-21(29)17(11-19)12-23(31-26(35)20-4-1-2-5-22(20)30)27(36)32-13-16-10-18(15-32)24-6-3-7-25(34)33(24)14-16/h1-9,11-12,16,18H,10,13-15H2,(H,31,35)/b23-12-/t16-,18+/m1/s1. The minimum atomic E-state index is -0.808. The van der Waals surface area contributed by atoms with Crippen molar-refractivity contribution in [3.63, 3.8) is 0 Å². The van der Waals surface area contributed by atoms with Crippen molar-refractivity contribution in [1.29, 1.82) is 0 Å². The predicted octanol–water partition coefficient (Wildman–Crippen LogP) is 4.31. The summed E-state index contributed by atoms with van der Waals surface area (Å²) in [5.74, 6) is -2.59. The normalized spacial score (nSPS) is 19.0. The quantitative estimate of drug-likeness (QED) is 0.489. The molecule has 2 aliphatic heterocycles. The average molecular weight is 554 g/mol. The first-order valence-corrected chi connectivity index (χ1v) is 12.3. The summed E-state index contributed by atoms with van der Waals surface area (Å²) in [5, 5.41) is 2.51. The van der Waals surface area contributed by atoms with Crippen LogP contribution in [0.1, 0.15) is 34.0 Å². The fraction of sp³-hybridized carbons (Fsp3) is 0.222. The Kier molecular flexibility index (Phi) is 6.57. The molecule has 0 radical (unpaired) electrons. The van der Waals surface area contributed by atoms with Crippen LogP contribution < -0.4 is 10.9 Å². The number of hydrogen-bond acceptors (Lipinski definition) is 3. The van der Waals surface area contributed by atoms with Gasteiger partial charge in [0.05, 0.1) is 5.56 Å². The Morgan fingerprint density at radius 2 is 1.78 bits per heavy atom. The molecule has 9 heteroatoms. The Morgan fingerprint density at radius 3 is 2.58 bits per heavy atom. The van der Waals surface area contributed by atoms with Crippen LogP contribution >= 0.6 is 15.9 Å². The van der Waals surface area contributed by atoms with Gasteiger partial charge in [-0.3, -0.25) is 14.4 Å². The number of rotatable bonds is 4. The molecule has 5 rings (SSSR count). The van der Waals surface area contributed by atoms with Crippen molar-refractivity contribution in [2.75, 3.05) is 13.1 Å². The van der Waals surface area contributed by atoms with Gasteiger partial charge in [0.15, 0.2) is 0 Å². The zero-order chi connectivity index (χ0) is 25.4. The minimum absolute atomic E-state index is 0.0403. The van der Waals surface area contributed by atoms with Crippen molar-refractivity contribution in [3.05, 3.63) is 110 Å². The van der Waals surface area contributed by atoms with Crippen LogP contribution in [0.4, 0.5) is 8.78 Å². The van der Waals surface area contributed by atoms with Crippen LogP contribution in [0.2, 0.25) is 0 Å². The van der Waals surface area contributed by atoms with Crippen LogP contribution in [-0.4, -0.2) is 34.4 Å². The SMILES string of the molecule is O=C(N/C(=C\c1cc(Br)ccc1F)C(=O)N1C[C@H]2C[C@@H](C1)c1cccc(=O)n1C2)c1ccccc1F. The average Bonchev–Trinajstić information content (AvgIpc) is 2.86. The van der Waals surface area contributed by atoms with Gasteiger partial charge in [0.25, 0.3) is 17.4 Å². The third-order valence-corrected chi connectivity index (χ3v) is 7.12. The number of carbonyl (C=O) groups excluding carboxylic acids is 2. The fourth-order valence-electron chi connectivity index (χ4n) is 5.00. The van der Waals surface area contributed by atoms with Gasteiger partial charge in [-0.15, -0.1) is 0 Å². The van der Waals surface area contributed by atoms with E-state index in [1.807, 2.05) is 6.07 Å². The zero-order valence-corrected chi connectivity index (χ0v) is 20.7. The first-order valence-electron chi connectivity index (χ1n) is 11.5. The number of amides is 2. The second kappa shape index (κ2) is 9.81. The Balaban J connectivity index is 1.48. The molecule has 3 aromatic rings. The van der Waals surface area contributed by atoms with Gasteiger partial charge >= 0.3 is 0 Å². The molecule has 3 heterocycles. The van der Waals surface area contributed by atoms with Crippen molar-refractivity contribution in [2.45, 2.75) is 18.9 Å². The van der Waals surface area contributed by atoms with E-state index in [0.29, 0.717) is 24.1 Å². The summed E-state index contributed by atoms with van der Waals surface area (Å²) >= 11 is 3.29. The number of aromatic nitrogens is 1. The highest BCUT2D eigenvalue weighted by molar-refractivity contribution is 9.10. The number of pyridine rings is 1. The second-order valence-electron chi connectivity index (χ2n) is 9.07. The van der Waals surface area contributed by atoms with Crippen LogP contribution in [-0.2, 0) is 11.3 Å². The number of nitrogens with one attached hydrogen (secondary N) is 1. The number of fused-ring (bicyclic) bond motifs is 4. The fourth-order valence-corrected chi connectivity index (χ4v) is 5.38. The lowest BCUT2D eigenvalue weighted by molar-refractivity contribution is -0.130. The molecule has 1 aromatic heterocycles. The Bertz CT molecular complexity index is 1450. The number of carbonyl (C=O) groups is 2. The summed E-state index contributed by atoms with van der Waals surface area (Å²) in [6, 6.07) is 14.8. The van der Waals surface area contributed by atoms with Gasteiger partial charge < -0.3 is 14.8 Å². The Morgan fingerprint density at radius 1 is 0.972 bits per heavy atom. The lowest BCUT2D eigenvalue weighted by atomic mass is 9.83. The molecule has 2 amide bonds. The predicted molar refractivity (Wildman–Crippen MR) is 134 cm³/mol. The highest BCUT2D eigenvalue weighted by atomic mass is 79.9. The smallest absolute Gasteiger partial charge is 0.270 e. The van der Waals surface area contributed by atoms with E-state index in [-0.39, 0.29) is 34.2 Å².